The minimum Gasteiger partial charge on any atom is -0.489 e. The Kier molecular flexibility index (Phi) is 10.9. The van der Waals surface area contributed by atoms with Gasteiger partial charge in [0.1, 0.15) is 12.4 Å². The molecule has 0 atom stereocenters. The maximum atomic E-state index is 5.65. The molecule has 0 aromatic heterocycles. The molecular weight excluding hydrogens is 291 g/mol. The highest BCUT2D eigenvalue weighted by atomic mass is 35.5. The molecule has 0 unspecified atom stereocenters. The van der Waals surface area contributed by atoms with E-state index in [1.165, 1.54) is 11.1 Å². The van der Waals surface area contributed by atoms with Crippen molar-refractivity contribution in [3.63, 3.8) is 0 Å². The second-order valence-corrected chi connectivity index (χ2v) is 3.59. The fourth-order valence-corrected chi connectivity index (χ4v) is 1.49. The van der Waals surface area contributed by atoms with Crippen LogP contribution in [0.4, 0.5) is 0 Å². The van der Waals surface area contributed by atoms with Gasteiger partial charge in [-0.15, -0.1) is 37.2 Å². The van der Waals surface area contributed by atoms with Gasteiger partial charge in [-0.25, -0.2) is 0 Å². The minimum absolute atomic E-state index is 0. The van der Waals surface area contributed by atoms with Crippen LogP contribution in [0.15, 0.2) is 54.6 Å². The summed E-state index contributed by atoms with van der Waals surface area (Å²) < 4.78 is 5.65. The number of para-hydroxylation sites is 1. The van der Waals surface area contributed by atoms with Crippen LogP contribution < -0.4 is 4.74 Å². The molecule has 0 spiro atoms. The van der Waals surface area contributed by atoms with Gasteiger partial charge >= 0.3 is 0 Å². The van der Waals surface area contributed by atoms with Crippen molar-refractivity contribution in [2.24, 2.45) is 0 Å². The molecule has 1 nitrogen and oxygen atoms in total. The van der Waals surface area contributed by atoms with Crippen LogP contribution in [0.1, 0.15) is 11.1 Å². The number of benzene rings is 2. The van der Waals surface area contributed by atoms with Crippen molar-refractivity contribution in [1.29, 1.82) is 0 Å². The average molecular weight is 308 g/mol. The summed E-state index contributed by atoms with van der Waals surface area (Å²) in [6.07, 6.45) is 0. The maximum Gasteiger partial charge on any atom is 0.119 e. The van der Waals surface area contributed by atoms with Crippen LogP contribution in [0.5, 0.6) is 5.75 Å². The van der Waals surface area contributed by atoms with E-state index in [1.54, 1.807) is 0 Å². The second kappa shape index (κ2) is 10.1. The van der Waals surface area contributed by atoms with Gasteiger partial charge in [0.2, 0.25) is 0 Å². The molecule has 0 saturated carbocycles. The molecule has 0 saturated heterocycles. The normalized spacial score (nSPS) is 8.28. The van der Waals surface area contributed by atoms with Gasteiger partial charge < -0.3 is 4.74 Å². The lowest BCUT2D eigenvalue weighted by atomic mass is 10.1. The monoisotopic (exact) mass is 306 g/mol. The molecule has 2 aromatic rings. The summed E-state index contributed by atoms with van der Waals surface area (Å²) in [6, 6.07) is 18.2. The van der Waals surface area contributed by atoms with E-state index in [4.69, 9.17) is 4.74 Å². The maximum absolute atomic E-state index is 5.65. The zero-order chi connectivity index (χ0) is 10.5. The Morgan fingerprint density at radius 2 is 1.50 bits per heavy atom. The Hall–Kier alpha value is -0.890. The molecule has 0 aliphatic rings. The van der Waals surface area contributed by atoms with E-state index < -0.39 is 0 Å². The number of aryl methyl sites for hydroxylation is 1. The van der Waals surface area contributed by atoms with Crippen LogP contribution in [0.25, 0.3) is 0 Å². The third-order valence-corrected chi connectivity index (χ3v) is 2.23. The van der Waals surface area contributed by atoms with Crippen molar-refractivity contribution < 1.29 is 4.74 Å². The summed E-state index contributed by atoms with van der Waals surface area (Å²) in [5, 5.41) is 0. The first-order chi connectivity index (χ1) is 7.34. The first-order valence-corrected chi connectivity index (χ1v) is 5.08. The van der Waals surface area contributed by atoms with E-state index in [0.29, 0.717) is 6.61 Å². The number of hydrogen-bond donors (Lipinski definition) is 0. The third-order valence-electron chi connectivity index (χ3n) is 2.23. The van der Waals surface area contributed by atoms with Gasteiger partial charge in [-0.2, -0.15) is 0 Å². The van der Waals surface area contributed by atoms with Crippen LogP contribution in [0, 0.1) is 6.92 Å². The topological polar surface area (TPSA) is 9.23 Å². The predicted octanol–water partition coefficient (Wildman–Crippen LogP) is 4.84. The van der Waals surface area contributed by atoms with Crippen molar-refractivity contribution in [3.05, 3.63) is 65.7 Å². The Morgan fingerprint density at radius 1 is 0.833 bits per heavy atom. The summed E-state index contributed by atoms with van der Waals surface area (Å²) in [4.78, 5) is 0. The zero-order valence-electron chi connectivity index (χ0n) is 10.0. The zero-order valence-corrected chi connectivity index (χ0v) is 12.5. The van der Waals surface area contributed by atoms with Gasteiger partial charge in [0, 0.05) is 0 Å². The Labute approximate surface area is 127 Å². The third kappa shape index (κ3) is 6.15. The molecule has 100 valence electrons. The number of ether oxygens (including phenoxy) is 1. The molecule has 0 amide bonds. The van der Waals surface area contributed by atoms with Gasteiger partial charge in [-0.05, 0) is 24.6 Å². The van der Waals surface area contributed by atoms with Gasteiger partial charge in [-0.1, -0.05) is 48.0 Å². The van der Waals surface area contributed by atoms with Gasteiger partial charge in [-0.3, -0.25) is 0 Å². The van der Waals surface area contributed by atoms with Crippen LogP contribution in [0.2, 0.25) is 0 Å². The predicted molar refractivity (Wildman–Crippen MR) is 83.7 cm³/mol. The van der Waals surface area contributed by atoms with Crippen molar-refractivity contribution in [1.82, 2.24) is 0 Å². The highest BCUT2D eigenvalue weighted by molar-refractivity contribution is 5.86. The highest BCUT2D eigenvalue weighted by Crippen LogP contribution is 2.12. The Morgan fingerprint density at radius 3 is 2.11 bits per heavy atom. The minimum atomic E-state index is 0. The smallest absolute Gasteiger partial charge is 0.119 e. The van der Waals surface area contributed by atoms with Crippen molar-refractivity contribution in [2.75, 3.05) is 0 Å². The standard InChI is InChI=1S/C14H14O.3ClH/c1-12-6-5-7-13(10-12)11-15-14-8-3-2-4-9-14;;;/h2-10H,11H2,1H3;3*1H. The number of rotatable bonds is 3. The number of hydrogen-bond acceptors (Lipinski definition) is 1. The quantitative estimate of drug-likeness (QED) is 0.788. The fraction of sp³-hybridized carbons (Fsp3) is 0.143. The average Bonchev–Trinajstić information content (AvgIpc) is 2.28. The SMILES string of the molecule is Cc1cccc(COc2ccccc2)c1.Cl.Cl.Cl. The molecule has 0 radical (unpaired) electrons. The molecule has 18 heavy (non-hydrogen) atoms. The molecule has 0 fully saturated rings. The van der Waals surface area contributed by atoms with Crippen molar-refractivity contribution in [3.8, 4) is 5.75 Å². The van der Waals surface area contributed by atoms with E-state index in [-0.39, 0.29) is 37.2 Å². The molecule has 0 aliphatic heterocycles. The lowest BCUT2D eigenvalue weighted by Crippen LogP contribution is -1.95. The summed E-state index contributed by atoms with van der Waals surface area (Å²) in [7, 11) is 0. The molecule has 4 heteroatoms. The van der Waals surface area contributed by atoms with E-state index >= 15 is 0 Å². The van der Waals surface area contributed by atoms with E-state index in [2.05, 4.69) is 31.2 Å². The van der Waals surface area contributed by atoms with Crippen LogP contribution in [-0.4, -0.2) is 0 Å². The summed E-state index contributed by atoms with van der Waals surface area (Å²) in [5.41, 5.74) is 2.48. The van der Waals surface area contributed by atoms with Crippen molar-refractivity contribution in [2.45, 2.75) is 13.5 Å². The van der Waals surface area contributed by atoms with E-state index in [9.17, 15) is 0 Å². The molecular formula is C14H17Cl3O. The largest absolute Gasteiger partial charge is 0.489 e. The molecule has 2 aromatic carbocycles. The van der Waals surface area contributed by atoms with E-state index in [1.807, 2.05) is 30.3 Å². The van der Waals surface area contributed by atoms with Crippen molar-refractivity contribution >= 4 is 37.2 Å². The fourth-order valence-electron chi connectivity index (χ4n) is 1.49. The first kappa shape index (κ1) is 19.4. The molecule has 0 aliphatic carbocycles. The number of halogens is 3. The summed E-state index contributed by atoms with van der Waals surface area (Å²) in [6.45, 7) is 2.72. The molecule has 0 bridgehead atoms. The van der Waals surface area contributed by atoms with Crippen LogP contribution >= 0.6 is 37.2 Å². The molecule has 0 heterocycles. The summed E-state index contributed by atoms with van der Waals surface area (Å²) in [5.74, 6) is 0.916. The van der Waals surface area contributed by atoms with Gasteiger partial charge in [0.15, 0.2) is 0 Å². The second-order valence-electron chi connectivity index (χ2n) is 3.59. The van der Waals surface area contributed by atoms with Gasteiger partial charge in [0.05, 0.1) is 0 Å². The molecule has 2 rings (SSSR count). The van der Waals surface area contributed by atoms with Gasteiger partial charge in [0.25, 0.3) is 0 Å². The van der Waals surface area contributed by atoms with E-state index in [0.717, 1.165) is 5.75 Å². The Bertz CT molecular complexity index is 432. The van der Waals surface area contributed by atoms with Crippen LogP contribution in [0.3, 0.4) is 0 Å². The van der Waals surface area contributed by atoms with Crippen LogP contribution in [-0.2, 0) is 6.61 Å². The highest BCUT2D eigenvalue weighted by Gasteiger charge is 1.94. The Balaban J connectivity index is 0. The lowest BCUT2D eigenvalue weighted by molar-refractivity contribution is 0.306. The summed E-state index contributed by atoms with van der Waals surface area (Å²) >= 11 is 0. The first-order valence-electron chi connectivity index (χ1n) is 5.08. The molecule has 0 N–H and O–H groups in total. The lowest BCUT2D eigenvalue weighted by Gasteiger charge is -2.06.